The molecule has 0 aliphatic carbocycles. The number of rotatable bonds is 6. The molecule has 0 aromatic heterocycles. The smallest absolute Gasteiger partial charge is 0.238 e. The molecular formula is C17H26N2O3S. The minimum atomic E-state index is -3.34. The predicted octanol–water partition coefficient (Wildman–Crippen LogP) is 1.94. The highest BCUT2D eigenvalue weighted by atomic mass is 32.2. The summed E-state index contributed by atoms with van der Waals surface area (Å²) < 4.78 is 25.0. The second-order valence-electron chi connectivity index (χ2n) is 6.32. The molecule has 0 spiro atoms. The van der Waals surface area contributed by atoms with Gasteiger partial charge in [0.05, 0.1) is 6.26 Å². The first-order chi connectivity index (χ1) is 10.9. The molecule has 23 heavy (non-hydrogen) atoms. The Morgan fingerprint density at radius 3 is 2.65 bits per heavy atom. The average molecular weight is 338 g/mol. The summed E-state index contributed by atoms with van der Waals surface area (Å²) in [5.74, 6) is -0.171. The molecule has 1 aliphatic rings. The summed E-state index contributed by atoms with van der Waals surface area (Å²) in [6.07, 6.45) is 5.22. The standard InChI is InChI=1S/C17H26N2O3S/c1-14(11-12-15-8-4-3-5-9-15)18-17(20)16-10-6-7-13-19(16)23(2,21)22/h3-5,8-9,14,16H,6-7,10-13H2,1-2H3,(H,18,20)/t14-,16+/m0/s1. The van der Waals surface area contributed by atoms with Gasteiger partial charge in [-0.3, -0.25) is 4.79 Å². The molecule has 1 heterocycles. The van der Waals surface area contributed by atoms with Crippen molar-refractivity contribution in [3.63, 3.8) is 0 Å². The van der Waals surface area contributed by atoms with E-state index in [1.165, 1.54) is 16.1 Å². The van der Waals surface area contributed by atoms with Crippen LogP contribution in [0.1, 0.15) is 38.2 Å². The van der Waals surface area contributed by atoms with Crippen molar-refractivity contribution in [3.8, 4) is 0 Å². The van der Waals surface area contributed by atoms with Crippen LogP contribution in [0, 0.1) is 0 Å². The molecular weight excluding hydrogens is 312 g/mol. The molecule has 1 aliphatic heterocycles. The zero-order valence-electron chi connectivity index (χ0n) is 13.9. The molecule has 128 valence electrons. The van der Waals surface area contributed by atoms with Gasteiger partial charge in [0.25, 0.3) is 0 Å². The lowest BCUT2D eigenvalue weighted by Crippen LogP contribution is -2.53. The van der Waals surface area contributed by atoms with Crippen molar-refractivity contribution in [1.82, 2.24) is 9.62 Å². The number of nitrogens with zero attached hydrogens (tertiary/aromatic N) is 1. The van der Waals surface area contributed by atoms with Gasteiger partial charge in [-0.2, -0.15) is 4.31 Å². The van der Waals surface area contributed by atoms with Crippen LogP contribution in [0.25, 0.3) is 0 Å². The number of hydrogen-bond donors (Lipinski definition) is 1. The van der Waals surface area contributed by atoms with Crippen molar-refractivity contribution in [3.05, 3.63) is 35.9 Å². The van der Waals surface area contributed by atoms with Gasteiger partial charge in [-0.25, -0.2) is 8.42 Å². The van der Waals surface area contributed by atoms with Crippen molar-refractivity contribution in [1.29, 1.82) is 0 Å². The molecule has 1 amide bonds. The zero-order chi connectivity index (χ0) is 16.9. The summed E-state index contributed by atoms with van der Waals surface area (Å²) in [7, 11) is -3.34. The Morgan fingerprint density at radius 2 is 2.00 bits per heavy atom. The molecule has 2 rings (SSSR count). The molecule has 1 aromatic carbocycles. The minimum absolute atomic E-state index is 0.0195. The lowest BCUT2D eigenvalue weighted by Gasteiger charge is -2.33. The van der Waals surface area contributed by atoms with Crippen LogP contribution in [-0.4, -0.2) is 43.5 Å². The summed E-state index contributed by atoms with van der Waals surface area (Å²) in [4.78, 5) is 12.5. The van der Waals surface area contributed by atoms with E-state index in [4.69, 9.17) is 0 Å². The second-order valence-corrected chi connectivity index (χ2v) is 8.25. The third-order valence-electron chi connectivity index (χ3n) is 4.28. The Kier molecular flexibility index (Phi) is 6.18. The summed E-state index contributed by atoms with van der Waals surface area (Å²) in [6.45, 7) is 2.41. The summed E-state index contributed by atoms with van der Waals surface area (Å²) >= 11 is 0. The highest BCUT2D eigenvalue weighted by Crippen LogP contribution is 2.20. The number of carbonyl (C=O) groups excluding carboxylic acids is 1. The second kappa shape index (κ2) is 7.93. The van der Waals surface area contributed by atoms with E-state index >= 15 is 0 Å². The topological polar surface area (TPSA) is 66.5 Å². The number of benzene rings is 1. The van der Waals surface area contributed by atoms with E-state index in [1.54, 1.807) is 0 Å². The van der Waals surface area contributed by atoms with Gasteiger partial charge in [-0.1, -0.05) is 36.8 Å². The monoisotopic (exact) mass is 338 g/mol. The van der Waals surface area contributed by atoms with E-state index in [0.717, 1.165) is 25.7 Å². The number of piperidine rings is 1. The number of nitrogens with one attached hydrogen (secondary N) is 1. The van der Waals surface area contributed by atoms with Gasteiger partial charge in [0.15, 0.2) is 0 Å². The molecule has 5 nitrogen and oxygen atoms in total. The summed E-state index contributed by atoms with van der Waals surface area (Å²) in [5.41, 5.74) is 1.24. The van der Waals surface area contributed by atoms with Crippen molar-refractivity contribution < 1.29 is 13.2 Å². The number of amides is 1. The van der Waals surface area contributed by atoms with Gasteiger partial charge < -0.3 is 5.32 Å². The normalized spacial score (nSPS) is 20.9. The van der Waals surface area contributed by atoms with E-state index in [2.05, 4.69) is 17.4 Å². The van der Waals surface area contributed by atoms with Crippen LogP contribution >= 0.6 is 0 Å². The number of hydrogen-bond acceptors (Lipinski definition) is 3. The molecule has 1 saturated heterocycles. The molecule has 6 heteroatoms. The average Bonchev–Trinajstić information content (AvgIpc) is 2.53. The van der Waals surface area contributed by atoms with E-state index in [9.17, 15) is 13.2 Å². The quantitative estimate of drug-likeness (QED) is 0.862. The largest absolute Gasteiger partial charge is 0.352 e. The van der Waals surface area contributed by atoms with Crippen molar-refractivity contribution >= 4 is 15.9 Å². The number of aryl methyl sites for hydroxylation is 1. The zero-order valence-corrected chi connectivity index (χ0v) is 14.7. The third kappa shape index (κ3) is 5.32. The number of sulfonamides is 1. The van der Waals surface area contributed by atoms with Gasteiger partial charge in [0.1, 0.15) is 6.04 Å². The van der Waals surface area contributed by atoms with Gasteiger partial charge in [-0.15, -0.1) is 0 Å². The van der Waals surface area contributed by atoms with Crippen LogP contribution in [0.4, 0.5) is 0 Å². The summed E-state index contributed by atoms with van der Waals surface area (Å²) in [6, 6.07) is 9.60. The maximum atomic E-state index is 12.5. The molecule has 1 fully saturated rings. The van der Waals surface area contributed by atoms with E-state index in [-0.39, 0.29) is 11.9 Å². The van der Waals surface area contributed by atoms with Gasteiger partial charge >= 0.3 is 0 Å². The predicted molar refractivity (Wildman–Crippen MR) is 91.6 cm³/mol. The Bertz CT molecular complexity index is 616. The maximum absolute atomic E-state index is 12.5. The highest BCUT2D eigenvalue weighted by molar-refractivity contribution is 7.88. The molecule has 0 bridgehead atoms. The van der Waals surface area contributed by atoms with Crippen LogP contribution < -0.4 is 5.32 Å². The molecule has 1 aromatic rings. The number of carbonyl (C=O) groups is 1. The van der Waals surface area contributed by atoms with E-state index in [1.807, 2.05) is 25.1 Å². The Balaban J connectivity index is 1.89. The Labute approximate surface area is 139 Å². The Morgan fingerprint density at radius 1 is 1.30 bits per heavy atom. The fourth-order valence-corrected chi connectivity index (χ4v) is 4.13. The van der Waals surface area contributed by atoms with Gasteiger partial charge in [0, 0.05) is 12.6 Å². The maximum Gasteiger partial charge on any atom is 0.238 e. The molecule has 1 N–H and O–H groups in total. The summed E-state index contributed by atoms with van der Waals surface area (Å²) in [5, 5.41) is 2.98. The van der Waals surface area contributed by atoms with Crippen LogP contribution in [0.15, 0.2) is 30.3 Å². The third-order valence-corrected chi connectivity index (χ3v) is 5.57. The van der Waals surface area contributed by atoms with Crippen LogP contribution in [-0.2, 0) is 21.2 Å². The van der Waals surface area contributed by atoms with E-state index < -0.39 is 16.1 Å². The van der Waals surface area contributed by atoms with Crippen LogP contribution in [0.3, 0.4) is 0 Å². The van der Waals surface area contributed by atoms with E-state index in [0.29, 0.717) is 13.0 Å². The fraction of sp³-hybridized carbons (Fsp3) is 0.588. The van der Waals surface area contributed by atoms with Crippen LogP contribution in [0.5, 0.6) is 0 Å². The minimum Gasteiger partial charge on any atom is -0.352 e. The first-order valence-electron chi connectivity index (χ1n) is 8.19. The van der Waals surface area contributed by atoms with Crippen molar-refractivity contribution in [2.45, 2.75) is 51.1 Å². The van der Waals surface area contributed by atoms with Gasteiger partial charge in [-0.05, 0) is 38.2 Å². The molecule has 0 saturated carbocycles. The lowest BCUT2D eigenvalue weighted by molar-refractivity contribution is -0.126. The van der Waals surface area contributed by atoms with Crippen molar-refractivity contribution in [2.75, 3.05) is 12.8 Å². The molecule has 0 radical (unpaired) electrons. The SMILES string of the molecule is C[C@@H](CCc1ccccc1)NC(=O)[C@H]1CCCCN1S(C)(=O)=O. The molecule has 0 unspecified atom stereocenters. The van der Waals surface area contributed by atoms with Crippen molar-refractivity contribution in [2.24, 2.45) is 0 Å². The molecule has 2 atom stereocenters. The highest BCUT2D eigenvalue weighted by Gasteiger charge is 2.34. The fourth-order valence-electron chi connectivity index (χ4n) is 3.00. The first-order valence-corrected chi connectivity index (χ1v) is 10.0. The first kappa shape index (κ1) is 17.9. The van der Waals surface area contributed by atoms with Gasteiger partial charge in [0.2, 0.25) is 15.9 Å². The van der Waals surface area contributed by atoms with Crippen LogP contribution in [0.2, 0.25) is 0 Å². The Hall–Kier alpha value is -1.40. The lowest BCUT2D eigenvalue weighted by atomic mass is 10.0.